The molecule has 0 bridgehead atoms. The monoisotopic (exact) mass is 362 g/mol. The second kappa shape index (κ2) is 9.29. The summed E-state index contributed by atoms with van der Waals surface area (Å²) in [5.74, 6) is -0.648. The summed E-state index contributed by atoms with van der Waals surface area (Å²) in [5.41, 5.74) is 1.51. The maximum absolute atomic E-state index is 13.8. The first-order valence-corrected chi connectivity index (χ1v) is 8.46. The number of nitrogens with zero attached hydrogens (tertiary/aromatic N) is 2. The van der Waals surface area contributed by atoms with E-state index in [0.29, 0.717) is 25.2 Å². The molecule has 0 aliphatic heterocycles. The summed E-state index contributed by atoms with van der Waals surface area (Å²) < 4.78 is 32.0. The summed E-state index contributed by atoms with van der Waals surface area (Å²) in [6.07, 6.45) is 0. The van der Waals surface area contributed by atoms with E-state index >= 15 is 0 Å². The number of hydrogen-bond acceptors (Lipinski definition) is 3. The largest absolute Gasteiger partial charge is 0.494 e. The van der Waals surface area contributed by atoms with Gasteiger partial charge in [-0.2, -0.15) is 0 Å². The number of halogens is 2. The topological polar surface area (TPSA) is 32.8 Å². The lowest BCUT2D eigenvalue weighted by Gasteiger charge is -2.24. The minimum atomic E-state index is -0.452. The number of methoxy groups -OCH3 is 1. The highest BCUT2D eigenvalue weighted by Gasteiger charge is 2.15. The van der Waals surface area contributed by atoms with Gasteiger partial charge in [-0.3, -0.25) is 9.69 Å². The zero-order valence-corrected chi connectivity index (χ0v) is 15.3. The summed E-state index contributed by atoms with van der Waals surface area (Å²) in [5, 5.41) is 0. The molecule has 0 N–H and O–H groups in total. The Labute approximate surface area is 153 Å². The molecule has 26 heavy (non-hydrogen) atoms. The molecular weight excluding hydrogens is 338 g/mol. The Kier molecular flexibility index (Phi) is 7.09. The molecule has 1 amide bonds. The number of carbonyl (C=O) groups excluding carboxylic acids is 1. The van der Waals surface area contributed by atoms with Crippen LogP contribution in [0.5, 0.6) is 5.75 Å². The summed E-state index contributed by atoms with van der Waals surface area (Å²) >= 11 is 0. The number of hydrogen-bond donors (Lipinski definition) is 0. The van der Waals surface area contributed by atoms with E-state index in [0.717, 1.165) is 5.56 Å². The zero-order valence-electron chi connectivity index (χ0n) is 15.3. The van der Waals surface area contributed by atoms with E-state index in [4.69, 9.17) is 4.74 Å². The first kappa shape index (κ1) is 19.8. The van der Waals surface area contributed by atoms with Crippen LogP contribution in [-0.4, -0.2) is 43.0 Å². The Morgan fingerprint density at radius 2 is 1.81 bits per heavy atom. The lowest BCUT2D eigenvalue weighted by molar-refractivity contribution is -0.131. The molecule has 4 nitrogen and oxygen atoms in total. The highest BCUT2D eigenvalue weighted by Crippen LogP contribution is 2.18. The predicted molar refractivity (Wildman–Crippen MR) is 96.8 cm³/mol. The first-order chi connectivity index (χ1) is 12.4. The van der Waals surface area contributed by atoms with Gasteiger partial charge in [0.15, 0.2) is 11.6 Å². The van der Waals surface area contributed by atoms with Gasteiger partial charge in [0.25, 0.3) is 0 Å². The van der Waals surface area contributed by atoms with E-state index in [9.17, 15) is 13.6 Å². The Morgan fingerprint density at radius 1 is 1.08 bits per heavy atom. The van der Waals surface area contributed by atoms with E-state index in [-0.39, 0.29) is 24.0 Å². The van der Waals surface area contributed by atoms with Crippen molar-refractivity contribution in [1.29, 1.82) is 0 Å². The van der Waals surface area contributed by atoms with Crippen LogP contribution in [0.4, 0.5) is 8.78 Å². The highest BCUT2D eigenvalue weighted by molar-refractivity contribution is 5.78. The summed E-state index contributed by atoms with van der Waals surface area (Å²) in [7, 11) is 3.09. The van der Waals surface area contributed by atoms with Crippen molar-refractivity contribution >= 4 is 5.91 Å². The Morgan fingerprint density at radius 3 is 2.42 bits per heavy atom. The van der Waals surface area contributed by atoms with E-state index in [1.54, 1.807) is 30.1 Å². The van der Waals surface area contributed by atoms with Crippen molar-refractivity contribution in [3.8, 4) is 5.75 Å². The van der Waals surface area contributed by atoms with Crippen LogP contribution in [0.2, 0.25) is 0 Å². The Hall–Kier alpha value is -2.47. The van der Waals surface area contributed by atoms with Crippen LogP contribution in [0.25, 0.3) is 0 Å². The van der Waals surface area contributed by atoms with Crippen molar-refractivity contribution in [3.05, 3.63) is 65.2 Å². The van der Waals surface area contributed by atoms with Gasteiger partial charge in [-0.15, -0.1) is 0 Å². The van der Waals surface area contributed by atoms with Crippen LogP contribution in [0.3, 0.4) is 0 Å². The van der Waals surface area contributed by atoms with Crippen molar-refractivity contribution in [2.45, 2.75) is 20.0 Å². The van der Waals surface area contributed by atoms with Crippen LogP contribution in [-0.2, 0) is 17.9 Å². The molecule has 0 saturated heterocycles. The molecule has 0 atom stereocenters. The van der Waals surface area contributed by atoms with Crippen molar-refractivity contribution in [2.24, 2.45) is 0 Å². The molecule has 0 fully saturated rings. The molecule has 0 aliphatic rings. The minimum absolute atomic E-state index is 0.0838. The second-order valence-electron chi connectivity index (χ2n) is 6.15. The fourth-order valence-electron chi connectivity index (χ4n) is 2.66. The number of rotatable bonds is 8. The first-order valence-electron chi connectivity index (χ1n) is 8.46. The van der Waals surface area contributed by atoms with Gasteiger partial charge in [0.2, 0.25) is 5.91 Å². The molecule has 0 spiro atoms. The van der Waals surface area contributed by atoms with E-state index < -0.39 is 5.82 Å². The number of carbonyl (C=O) groups is 1. The fraction of sp³-hybridized carbons (Fsp3) is 0.350. The van der Waals surface area contributed by atoms with E-state index in [2.05, 4.69) is 0 Å². The zero-order chi connectivity index (χ0) is 19.1. The van der Waals surface area contributed by atoms with Gasteiger partial charge in [-0.1, -0.05) is 25.1 Å². The molecule has 0 radical (unpaired) electrons. The molecule has 0 heterocycles. The van der Waals surface area contributed by atoms with Crippen molar-refractivity contribution in [2.75, 3.05) is 27.2 Å². The SMILES string of the molecule is CCN(CC(=O)N(C)Cc1ccc(OC)c(F)c1)Cc1cccc(F)c1. The molecular formula is C20H24F2N2O2. The van der Waals surface area contributed by atoms with E-state index in [1.165, 1.54) is 25.3 Å². The van der Waals surface area contributed by atoms with Gasteiger partial charge in [0, 0.05) is 20.1 Å². The third kappa shape index (κ3) is 5.52. The summed E-state index contributed by atoms with van der Waals surface area (Å²) in [6.45, 7) is 3.61. The molecule has 6 heteroatoms. The van der Waals surface area contributed by atoms with Gasteiger partial charge in [0.05, 0.1) is 13.7 Å². The maximum atomic E-state index is 13.8. The van der Waals surface area contributed by atoms with Crippen LogP contribution in [0.15, 0.2) is 42.5 Å². The predicted octanol–water partition coefficient (Wildman–Crippen LogP) is 3.45. The molecule has 0 aliphatic carbocycles. The van der Waals surface area contributed by atoms with Crippen LogP contribution < -0.4 is 4.74 Å². The standard InChI is InChI=1S/C20H24F2N2O2/c1-4-24(13-15-6-5-7-17(21)10-15)14-20(25)23(2)12-16-8-9-19(26-3)18(22)11-16/h5-11H,4,12-14H2,1-3H3. The average Bonchev–Trinajstić information content (AvgIpc) is 2.61. The van der Waals surface area contributed by atoms with Crippen LogP contribution >= 0.6 is 0 Å². The molecule has 2 aromatic rings. The highest BCUT2D eigenvalue weighted by atomic mass is 19.1. The van der Waals surface area contributed by atoms with Crippen molar-refractivity contribution in [1.82, 2.24) is 9.80 Å². The maximum Gasteiger partial charge on any atom is 0.236 e. The molecule has 0 saturated carbocycles. The third-order valence-corrected chi connectivity index (χ3v) is 4.16. The number of amides is 1. The quantitative estimate of drug-likeness (QED) is 0.721. The fourth-order valence-corrected chi connectivity index (χ4v) is 2.66. The van der Waals surface area contributed by atoms with E-state index in [1.807, 2.05) is 17.9 Å². The van der Waals surface area contributed by atoms with Gasteiger partial charge in [-0.25, -0.2) is 8.78 Å². The summed E-state index contributed by atoms with van der Waals surface area (Å²) in [4.78, 5) is 16.0. The van der Waals surface area contributed by atoms with Crippen LogP contribution in [0.1, 0.15) is 18.1 Å². The van der Waals surface area contributed by atoms with Crippen molar-refractivity contribution < 1.29 is 18.3 Å². The summed E-state index contributed by atoms with van der Waals surface area (Å²) in [6, 6.07) is 11.0. The molecule has 2 aromatic carbocycles. The third-order valence-electron chi connectivity index (χ3n) is 4.16. The molecule has 2 rings (SSSR count). The van der Waals surface area contributed by atoms with Gasteiger partial charge in [0.1, 0.15) is 5.82 Å². The lowest BCUT2D eigenvalue weighted by atomic mass is 10.2. The normalized spacial score (nSPS) is 10.8. The minimum Gasteiger partial charge on any atom is -0.494 e. The van der Waals surface area contributed by atoms with Crippen LogP contribution in [0, 0.1) is 11.6 Å². The van der Waals surface area contributed by atoms with Gasteiger partial charge in [-0.05, 0) is 41.9 Å². The average molecular weight is 362 g/mol. The number of likely N-dealkylation sites (N-methyl/N-ethyl adjacent to an activating group) is 2. The van der Waals surface area contributed by atoms with Gasteiger partial charge >= 0.3 is 0 Å². The number of ether oxygens (including phenoxy) is 1. The second-order valence-corrected chi connectivity index (χ2v) is 6.15. The number of benzene rings is 2. The Bertz CT molecular complexity index is 752. The molecule has 0 aromatic heterocycles. The Balaban J connectivity index is 1.95. The lowest BCUT2D eigenvalue weighted by Crippen LogP contribution is -2.37. The smallest absolute Gasteiger partial charge is 0.236 e. The van der Waals surface area contributed by atoms with Crippen molar-refractivity contribution in [3.63, 3.8) is 0 Å². The molecule has 0 unspecified atom stereocenters. The molecule has 140 valence electrons. The van der Waals surface area contributed by atoms with Gasteiger partial charge < -0.3 is 9.64 Å².